The van der Waals surface area contributed by atoms with Gasteiger partial charge in [0.25, 0.3) is 0 Å². The van der Waals surface area contributed by atoms with Gasteiger partial charge in [0.05, 0.1) is 0 Å². The summed E-state index contributed by atoms with van der Waals surface area (Å²) < 4.78 is 2.36. The number of hydrogen-bond donors (Lipinski definition) is 2. The van der Waals surface area contributed by atoms with Crippen LogP contribution >= 0.6 is 0 Å². The summed E-state index contributed by atoms with van der Waals surface area (Å²) in [6.45, 7) is 0.842. The van der Waals surface area contributed by atoms with Crippen LogP contribution in [0.15, 0.2) is 72.8 Å². The molecule has 3 heteroatoms. The van der Waals surface area contributed by atoms with E-state index in [2.05, 4.69) is 71.3 Å². The lowest BCUT2D eigenvalue weighted by molar-refractivity contribution is 0.150. The third-order valence-electron chi connectivity index (χ3n) is 5.06. The van der Waals surface area contributed by atoms with Crippen molar-refractivity contribution < 1.29 is 10.2 Å². The first kappa shape index (κ1) is 16.8. The van der Waals surface area contributed by atoms with Crippen LogP contribution in [0.4, 0.5) is 0 Å². The molecule has 1 aromatic heterocycles. The van der Waals surface area contributed by atoms with Crippen molar-refractivity contribution in [2.45, 2.75) is 13.0 Å². The van der Waals surface area contributed by atoms with Crippen LogP contribution in [0.3, 0.4) is 0 Å². The molecule has 0 aliphatic rings. The zero-order chi connectivity index (χ0) is 17.9. The number of aliphatic hydroxyl groups is 2. The molecule has 0 saturated heterocycles. The SMILES string of the molecule is OCC(CO)Cc1ccc2c(c1)c1ccccc1n2Cc1ccccc1. The highest BCUT2D eigenvalue weighted by atomic mass is 16.3. The maximum Gasteiger partial charge on any atom is 0.0494 e. The Balaban J connectivity index is 1.83. The summed E-state index contributed by atoms with van der Waals surface area (Å²) in [5, 5.41) is 21.2. The topological polar surface area (TPSA) is 45.4 Å². The number of nitrogens with zero attached hydrogens (tertiary/aromatic N) is 1. The number of hydrogen-bond acceptors (Lipinski definition) is 2. The van der Waals surface area contributed by atoms with E-state index in [0.717, 1.165) is 12.1 Å². The van der Waals surface area contributed by atoms with Gasteiger partial charge >= 0.3 is 0 Å². The molecule has 26 heavy (non-hydrogen) atoms. The van der Waals surface area contributed by atoms with Crippen LogP contribution in [0.5, 0.6) is 0 Å². The Morgan fingerprint density at radius 3 is 2.15 bits per heavy atom. The number of benzene rings is 3. The highest BCUT2D eigenvalue weighted by molar-refractivity contribution is 6.08. The van der Waals surface area contributed by atoms with E-state index < -0.39 is 0 Å². The number of para-hydroxylation sites is 1. The predicted octanol–water partition coefficient (Wildman–Crippen LogP) is 3.99. The average molecular weight is 345 g/mol. The zero-order valence-electron chi connectivity index (χ0n) is 14.7. The van der Waals surface area contributed by atoms with Crippen LogP contribution in [0.1, 0.15) is 11.1 Å². The van der Waals surface area contributed by atoms with Gasteiger partial charge in [-0.25, -0.2) is 0 Å². The number of aliphatic hydroxyl groups excluding tert-OH is 2. The lowest BCUT2D eigenvalue weighted by Gasteiger charge is -2.11. The molecule has 4 rings (SSSR count). The van der Waals surface area contributed by atoms with Crippen molar-refractivity contribution in [3.8, 4) is 0 Å². The largest absolute Gasteiger partial charge is 0.396 e. The van der Waals surface area contributed by atoms with E-state index >= 15 is 0 Å². The highest BCUT2D eigenvalue weighted by Crippen LogP contribution is 2.31. The minimum absolute atomic E-state index is 0.00427. The van der Waals surface area contributed by atoms with E-state index in [4.69, 9.17) is 0 Å². The molecule has 0 unspecified atom stereocenters. The van der Waals surface area contributed by atoms with Crippen molar-refractivity contribution in [1.82, 2.24) is 4.57 Å². The molecule has 3 aromatic carbocycles. The van der Waals surface area contributed by atoms with Gasteiger partial charge in [0, 0.05) is 47.5 Å². The first-order valence-electron chi connectivity index (χ1n) is 9.05. The summed E-state index contributed by atoms with van der Waals surface area (Å²) in [5.74, 6) is -0.106. The normalized spacial score (nSPS) is 11.7. The Morgan fingerprint density at radius 1 is 0.692 bits per heavy atom. The van der Waals surface area contributed by atoms with E-state index in [1.165, 1.54) is 27.4 Å². The molecule has 0 aliphatic carbocycles. The van der Waals surface area contributed by atoms with Crippen molar-refractivity contribution in [2.75, 3.05) is 13.2 Å². The summed E-state index contributed by atoms with van der Waals surface area (Å²) in [7, 11) is 0. The molecule has 2 N–H and O–H groups in total. The van der Waals surface area contributed by atoms with Gasteiger partial charge in [-0.1, -0.05) is 54.6 Å². The Hall–Kier alpha value is -2.62. The average Bonchev–Trinajstić information content (AvgIpc) is 3.00. The standard InChI is InChI=1S/C23H23NO2/c25-15-19(16-26)12-18-10-11-23-21(13-18)20-8-4-5-9-22(20)24(23)14-17-6-2-1-3-7-17/h1-11,13,19,25-26H,12,14-16H2. The second-order valence-corrected chi connectivity index (χ2v) is 6.88. The number of rotatable bonds is 6. The van der Waals surface area contributed by atoms with Crippen molar-refractivity contribution >= 4 is 21.8 Å². The Bertz CT molecular complexity index is 1020. The number of fused-ring (bicyclic) bond motifs is 3. The van der Waals surface area contributed by atoms with Gasteiger partial charge in [-0.3, -0.25) is 0 Å². The molecule has 132 valence electrons. The van der Waals surface area contributed by atoms with Crippen molar-refractivity contribution in [1.29, 1.82) is 0 Å². The number of aromatic nitrogens is 1. The van der Waals surface area contributed by atoms with Crippen molar-refractivity contribution in [3.63, 3.8) is 0 Å². The second kappa shape index (κ2) is 7.32. The molecule has 3 nitrogen and oxygen atoms in total. The molecule has 0 fully saturated rings. The maximum absolute atomic E-state index is 9.38. The van der Waals surface area contributed by atoms with Crippen LogP contribution in [-0.2, 0) is 13.0 Å². The van der Waals surface area contributed by atoms with Crippen molar-refractivity contribution in [2.24, 2.45) is 5.92 Å². The Morgan fingerprint density at radius 2 is 1.38 bits per heavy atom. The van der Waals surface area contributed by atoms with Crippen LogP contribution in [0.2, 0.25) is 0 Å². The van der Waals surface area contributed by atoms with Crippen LogP contribution in [-0.4, -0.2) is 28.0 Å². The molecular formula is C23H23NO2. The quantitative estimate of drug-likeness (QED) is 0.555. The fourth-order valence-corrected chi connectivity index (χ4v) is 3.68. The molecule has 1 heterocycles. The molecule has 0 atom stereocenters. The molecule has 0 saturated carbocycles. The first-order valence-corrected chi connectivity index (χ1v) is 9.05. The molecule has 0 spiro atoms. The van der Waals surface area contributed by atoms with Crippen LogP contribution < -0.4 is 0 Å². The lowest BCUT2D eigenvalue weighted by Crippen LogP contribution is -2.13. The van der Waals surface area contributed by atoms with Crippen molar-refractivity contribution in [3.05, 3.63) is 83.9 Å². The summed E-state index contributed by atoms with van der Waals surface area (Å²) in [4.78, 5) is 0. The maximum atomic E-state index is 9.38. The molecule has 0 radical (unpaired) electrons. The fraction of sp³-hybridized carbons (Fsp3) is 0.217. The predicted molar refractivity (Wildman–Crippen MR) is 106 cm³/mol. The molecule has 0 bridgehead atoms. The third-order valence-corrected chi connectivity index (χ3v) is 5.06. The van der Waals surface area contributed by atoms with Crippen LogP contribution in [0.25, 0.3) is 21.8 Å². The minimum Gasteiger partial charge on any atom is -0.396 e. The molecule has 0 aliphatic heterocycles. The monoisotopic (exact) mass is 345 g/mol. The van der Waals surface area contributed by atoms with Gasteiger partial charge in [-0.05, 0) is 35.7 Å². The smallest absolute Gasteiger partial charge is 0.0494 e. The molecule has 0 amide bonds. The van der Waals surface area contributed by atoms with E-state index in [9.17, 15) is 10.2 Å². The highest BCUT2D eigenvalue weighted by Gasteiger charge is 2.13. The summed E-state index contributed by atoms with van der Waals surface area (Å²) >= 11 is 0. The summed E-state index contributed by atoms with van der Waals surface area (Å²) in [6.07, 6.45) is 0.682. The summed E-state index contributed by atoms with van der Waals surface area (Å²) in [5.41, 5.74) is 4.86. The Kier molecular flexibility index (Phi) is 4.74. The van der Waals surface area contributed by atoms with E-state index in [0.29, 0.717) is 6.42 Å². The third kappa shape index (κ3) is 3.12. The minimum atomic E-state index is -0.106. The molecule has 4 aromatic rings. The lowest BCUT2D eigenvalue weighted by atomic mass is 9.99. The molecular weight excluding hydrogens is 322 g/mol. The van der Waals surface area contributed by atoms with E-state index in [1.54, 1.807) is 0 Å². The van der Waals surface area contributed by atoms with E-state index in [-0.39, 0.29) is 19.1 Å². The second-order valence-electron chi connectivity index (χ2n) is 6.88. The van der Waals surface area contributed by atoms with E-state index in [1.807, 2.05) is 6.07 Å². The van der Waals surface area contributed by atoms with Gasteiger partial charge < -0.3 is 14.8 Å². The van der Waals surface area contributed by atoms with Gasteiger partial charge in [0.1, 0.15) is 0 Å². The summed E-state index contributed by atoms with van der Waals surface area (Å²) in [6, 6.07) is 25.5. The zero-order valence-corrected chi connectivity index (χ0v) is 14.7. The Labute approximate surface area is 153 Å². The van der Waals surface area contributed by atoms with Gasteiger partial charge in [-0.15, -0.1) is 0 Å². The van der Waals surface area contributed by atoms with Gasteiger partial charge in [0.2, 0.25) is 0 Å². The fourth-order valence-electron chi connectivity index (χ4n) is 3.68. The van der Waals surface area contributed by atoms with Crippen LogP contribution in [0, 0.1) is 5.92 Å². The first-order chi connectivity index (χ1) is 12.8. The van der Waals surface area contributed by atoms with Gasteiger partial charge in [-0.2, -0.15) is 0 Å². The van der Waals surface area contributed by atoms with Gasteiger partial charge in [0.15, 0.2) is 0 Å².